The SMILES string of the molecule is N#Cc1cnn2c1nnc1ccc(Cl)cc12. The van der Waals surface area contributed by atoms with Gasteiger partial charge in [-0.15, -0.1) is 10.2 Å². The zero-order chi connectivity index (χ0) is 11.1. The summed E-state index contributed by atoms with van der Waals surface area (Å²) in [4.78, 5) is 0. The minimum Gasteiger partial charge on any atom is -0.210 e. The quantitative estimate of drug-likeness (QED) is 0.590. The van der Waals surface area contributed by atoms with Crippen molar-refractivity contribution >= 4 is 28.3 Å². The van der Waals surface area contributed by atoms with Crippen LogP contribution in [0.5, 0.6) is 0 Å². The Kier molecular flexibility index (Phi) is 1.79. The van der Waals surface area contributed by atoms with Crippen LogP contribution in [0.1, 0.15) is 5.56 Å². The number of fused-ring (bicyclic) bond motifs is 3. The van der Waals surface area contributed by atoms with E-state index in [2.05, 4.69) is 15.3 Å². The zero-order valence-electron chi connectivity index (χ0n) is 7.92. The molecule has 5 nitrogen and oxygen atoms in total. The Morgan fingerprint density at radius 3 is 3.00 bits per heavy atom. The van der Waals surface area contributed by atoms with Crippen LogP contribution < -0.4 is 0 Å². The molecule has 76 valence electrons. The fourth-order valence-electron chi connectivity index (χ4n) is 1.55. The molecule has 0 aliphatic rings. The molecule has 3 rings (SSSR count). The van der Waals surface area contributed by atoms with Crippen LogP contribution in [0.2, 0.25) is 5.02 Å². The minimum atomic E-state index is 0.398. The molecular weight excluding hydrogens is 226 g/mol. The molecule has 16 heavy (non-hydrogen) atoms. The van der Waals surface area contributed by atoms with E-state index in [4.69, 9.17) is 16.9 Å². The van der Waals surface area contributed by atoms with Gasteiger partial charge >= 0.3 is 0 Å². The van der Waals surface area contributed by atoms with E-state index in [1.807, 2.05) is 6.07 Å². The van der Waals surface area contributed by atoms with Crippen LogP contribution in [0.3, 0.4) is 0 Å². The highest BCUT2D eigenvalue weighted by Gasteiger charge is 2.09. The van der Waals surface area contributed by atoms with E-state index in [1.165, 1.54) is 6.20 Å². The average Bonchev–Trinajstić information content (AvgIpc) is 2.72. The zero-order valence-corrected chi connectivity index (χ0v) is 8.68. The van der Waals surface area contributed by atoms with E-state index < -0.39 is 0 Å². The first-order chi connectivity index (χ1) is 7.79. The molecule has 0 aliphatic heterocycles. The fraction of sp³-hybridized carbons (Fsp3) is 0. The van der Waals surface area contributed by atoms with Gasteiger partial charge in [-0.1, -0.05) is 11.6 Å². The van der Waals surface area contributed by atoms with Gasteiger partial charge in [0.15, 0.2) is 5.65 Å². The second kappa shape index (κ2) is 3.15. The van der Waals surface area contributed by atoms with Gasteiger partial charge in [-0.25, -0.2) is 4.52 Å². The van der Waals surface area contributed by atoms with Crippen molar-refractivity contribution in [2.24, 2.45) is 0 Å². The first-order valence-electron chi connectivity index (χ1n) is 4.49. The average molecular weight is 230 g/mol. The number of hydrogen-bond donors (Lipinski definition) is 0. The molecule has 0 aliphatic carbocycles. The molecule has 1 aromatic carbocycles. The molecule has 0 unspecified atom stereocenters. The third-order valence-electron chi connectivity index (χ3n) is 2.28. The number of benzene rings is 1. The second-order valence-electron chi connectivity index (χ2n) is 3.24. The summed E-state index contributed by atoms with van der Waals surface area (Å²) in [7, 11) is 0. The molecule has 0 spiro atoms. The summed E-state index contributed by atoms with van der Waals surface area (Å²) >= 11 is 5.91. The summed E-state index contributed by atoms with van der Waals surface area (Å²) in [6, 6.07) is 7.25. The van der Waals surface area contributed by atoms with Crippen molar-refractivity contribution in [2.45, 2.75) is 0 Å². The number of halogens is 1. The fourth-order valence-corrected chi connectivity index (χ4v) is 1.71. The maximum Gasteiger partial charge on any atom is 0.195 e. The molecule has 0 radical (unpaired) electrons. The van der Waals surface area contributed by atoms with Crippen molar-refractivity contribution in [3.05, 3.63) is 35.0 Å². The summed E-state index contributed by atoms with van der Waals surface area (Å²) in [5.41, 5.74) is 2.26. The lowest BCUT2D eigenvalue weighted by Gasteiger charge is -1.99. The Hall–Kier alpha value is -2.19. The van der Waals surface area contributed by atoms with Crippen LogP contribution in [0.25, 0.3) is 16.7 Å². The Labute approximate surface area is 94.9 Å². The normalized spacial score (nSPS) is 10.8. The lowest BCUT2D eigenvalue weighted by atomic mass is 10.3. The van der Waals surface area contributed by atoms with Crippen molar-refractivity contribution in [1.82, 2.24) is 19.8 Å². The van der Waals surface area contributed by atoms with Crippen molar-refractivity contribution in [3.63, 3.8) is 0 Å². The third-order valence-corrected chi connectivity index (χ3v) is 2.52. The van der Waals surface area contributed by atoms with Gasteiger partial charge in [0.25, 0.3) is 0 Å². The smallest absolute Gasteiger partial charge is 0.195 e. The Morgan fingerprint density at radius 2 is 2.19 bits per heavy atom. The van der Waals surface area contributed by atoms with E-state index in [1.54, 1.807) is 22.7 Å². The number of hydrogen-bond acceptors (Lipinski definition) is 4. The molecule has 2 heterocycles. The van der Waals surface area contributed by atoms with Crippen molar-refractivity contribution < 1.29 is 0 Å². The molecule has 6 heteroatoms. The second-order valence-corrected chi connectivity index (χ2v) is 3.67. The summed E-state index contributed by atoms with van der Waals surface area (Å²) < 4.78 is 1.56. The van der Waals surface area contributed by atoms with Gasteiger partial charge in [-0.05, 0) is 18.2 Å². The summed E-state index contributed by atoms with van der Waals surface area (Å²) in [5.74, 6) is 0. The van der Waals surface area contributed by atoms with Gasteiger partial charge in [-0.3, -0.25) is 0 Å². The van der Waals surface area contributed by atoms with Crippen molar-refractivity contribution in [2.75, 3.05) is 0 Å². The maximum atomic E-state index is 8.85. The van der Waals surface area contributed by atoms with Crippen molar-refractivity contribution in [3.8, 4) is 6.07 Å². The van der Waals surface area contributed by atoms with Crippen LogP contribution in [-0.2, 0) is 0 Å². The Morgan fingerprint density at radius 1 is 1.31 bits per heavy atom. The topological polar surface area (TPSA) is 66.9 Å². The molecule has 0 bridgehead atoms. The highest BCUT2D eigenvalue weighted by molar-refractivity contribution is 6.31. The van der Waals surface area contributed by atoms with E-state index in [0.29, 0.717) is 21.7 Å². The Balaban J connectivity index is 2.54. The standard InChI is InChI=1S/C10H4ClN5/c11-7-1-2-8-9(3-7)16-10(15-14-8)6(4-12)5-13-16/h1-3,5H. The van der Waals surface area contributed by atoms with Crippen LogP contribution in [0.4, 0.5) is 0 Å². The van der Waals surface area contributed by atoms with Crippen LogP contribution in [0, 0.1) is 11.3 Å². The molecule has 0 saturated heterocycles. The highest BCUT2D eigenvalue weighted by atomic mass is 35.5. The molecule has 0 N–H and O–H groups in total. The van der Waals surface area contributed by atoms with Crippen LogP contribution >= 0.6 is 11.6 Å². The number of nitriles is 1. The van der Waals surface area contributed by atoms with Gasteiger partial charge < -0.3 is 0 Å². The first-order valence-corrected chi connectivity index (χ1v) is 4.87. The number of aromatic nitrogens is 4. The van der Waals surface area contributed by atoms with Crippen LogP contribution in [0.15, 0.2) is 24.4 Å². The monoisotopic (exact) mass is 229 g/mol. The van der Waals surface area contributed by atoms with Gasteiger partial charge in [0.1, 0.15) is 17.1 Å². The van der Waals surface area contributed by atoms with Gasteiger partial charge in [0.2, 0.25) is 0 Å². The Bertz CT molecular complexity index is 740. The predicted octanol–water partition coefficient (Wildman–Crippen LogP) is 1.80. The molecule has 0 fully saturated rings. The van der Waals surface area contributed by atoms with Crippen LogP contribution in [-0.4, -0.2) is 19.8 Å². The van der Waals surface area contributed by atoms with Crippen molar-refractivity contribution in [1.29, 1.82) is 5.26 Å². The summed E-state index contributed by atoms with van der Waals surface area (Å²) in [5, 5.41) is 21.5. The van der Waals surface area contributed by atoms with Gasteiger partial charge in [0, 0.05) is 5.02 Å². The molecule has 3 aromatic rings. The predicted molar refractivity (Wildman–Crippen MR) is 58.0 cm³/mol. The largest absolute Gasteiger partial charge is 0.210 e. The molecule has 0 amide bonds. The number of rotatable bonds is 0. The van der Waals surface area contributed by atoms with Gasteiger partial charge in [0.05, 0.1) is 11.7 Å². The minimum absolute atomic E-state index is 0.398. The third kappa shape index (κ3) is 1.14. The molecule has 0 atom stereocenters. The first kappa shape index (κ1) is 9.07. The lowest BCUT2D eigenvalue weighted by Crippen LogP contribution is -1.96. The van der Waals surface area contributed by atoms with E-state index >= 15 is 0 Å². The lowest BCUT2D eigenvalue weighted by molar-refractivity contribution is 0.943. The molecular formula is C10H4ClN5. The highest BCUT2D eigenvalue weighted by Crippen LogP contribution is 2.18. The number of nitrogens with zero attached hydrogens (tertiary/aromatic N) is 5. The van der Waals surface area contributed by atoms with Gasteiger partial charge in [-0.2, -0.15) is 10.4 Å². The molecule has 0 saturated carbocycles. The summed E-state index contributed by atoms with van der Waals surface area (Å²) in [6.07, 6.45) is 1.46. The molecule has 2 aromatic heterocycles. The summed E-state index contributed by atoms with van der Waals surface area (Å²) in [6.45, 7) is 0. The van der Waals surface area contributed by atoms with E-state index in [0.717, 1.165) is 5.52 Å². The van der Waals surface area contributed by atoms with E-state index in [9.17, 15) is 0 Å². The van der Waals surface area contributed by atoms with E-state index in [-0.39, 0.29) is 0 Å². The maximum absolute atomic E-state index is 8.85.